The molecule has 156 valence electrons. The van der Waals surface area contributed by atoms with Crippen molar-refractivity contribution in [1.29, 1.82) is 5.26 Å². The summed E-state index contributed by atoms with van der Waals surface area (Å²) in [5, 5.41) is 11.9. The Labute approximate surface area is 176 Å². The van der Waals surface area contributed by atoms with Gasteiger partial charge in [-0.15, -0.1) is 0 Å². The molecule has 5 nitrogen and oxygen atoms in total. The summed E-state index contributed by atoms with van der Waals surface area (Å²) in [5.41, 5.74) is 1.49. The van der Waals surface area contributed by atoms with Crippen LogP contribution in [0.25, 0.3) is 0 Å². The third kappa shape index (κ3) is 4.20. The summed E-state index contributed by atoms with van der Waals surface area (Å²) in [7, 11) is 0. The number of benzene rings is 2. The summed E-state index contributed by atoms with van der Waals surface area (Å²) in [6, 6.07) is 12.7. The topological polar surface area (TPSA) is 73.2 Å². The van der Waals surface area contributed by atoms with Gasteiger partial charge in [-0.2, -0.15) is 5.26 Å². The molecule has 0 saturated carbocycles. The molecule has 2 amide bonds. The Kier molecular flexibility index (Phi) is 6.51. The van der Waals surface area contributed by atoms with Crippen LogP contribution < -0.4 is 5.32 Å². The van der Waals surface area contributed by atoms with Crippen LogP contribution in [-0.2, 0) is 4.79 Å². The first-order chi connectivity index (χ1) is 14.4. The van der Waals surface area contributed by atoms with Crippen molar-refractivity contribution in [3.05, 3.63) is 65.0 Å². The Morgan fingerprint density at radius 2 is 2.00 bits per heavy atom. The van der Waals surface area contributed by atoms with Crippen molar-refractivity contribution < 1.29 is 14.0 Å². The number of carbonyl (C=O) groups is 2. The summed E-state index contributed by atoms with van der Waals surface area (Å²) in [5.74, 6) is -1.23. The number of anilines is 1. The zero-order valence-corrected chi connectivity index (χ0v) is 17.5. The minimum absolute atomic E-state index is 0.0460. The van der Waals surface area contributed by atoms with E-state index in [-0.39, 0.29) is 29.3 Å². The Morgan fingerprint density at radius 1 is 1.27 bits per heavy atom. The molecule has 1 N–H and O–H groups in total. The molecule has 1 aliphatic heterocycles. The van der Waals surface area contributed by atoms with Crippen LogP contribution in [-0.4, -0.2) is 29.3 Å². The van der Waals surface area contributed by atoms with Gasteiger partial charge in [-0.05, 0) is 42.2 Å². The minimum atomic E-state index is -0.629. The van der Waals surface area contributed by atoms with E-state index in [0.29, 0.717) is 29.8 Å². The molecule has 2 aromatic rings. The lowest BCUT2D eigenvalue weighted by Gasteiger charge is -2.42. The number of nitriles is 1. The van der Waals surface area contributed by atoms with Crippen molar-refractivity contribution >= 4 is 17.5 Å². The summed E-state index contributed by atoms with van der Waals surface area (Å²) in [6.45, 7) is 6.70. The monoisotopic (exact) mass is 407 g/mol. The molecule has 0 spiro atoms. The lowest BCUT2D eigenvalue weighted by molar-refractivity contribution is -0.119. The highest BCUT2D eigenvalue weighted by atomic mass is 19.1. The van der Waals surface area contributed by atoms with Gasteiger partial charge in [0.1, 0.15) is 11.9 Å². The fourth-order valence-electron chi connectivity index (χ4n) is 4.11. The number of hydrogen-bond donors (Lipinski definition) is 1. The van der Waals surface area contributed by atoms with Gasteiger partial charge in [0.2, 0.25) is 5.91 Å². The van der Waals surface area contributed by atoms with Crippen LogP contribution in [0, 0.1) is 23.1 Å². The van der Waals surface area contributed by atoms with Crippen LogP contribution in [0.2, 0.25) is 0 Å². The first-order valence-corrected chi connectivity index (χ1v) is 10.3. The predicted molar refractivity (Wildman–Crippen MR) is 113 cm³/mol. The maximum atomic E-state index is 13.7. The van der Waals surface area contributed by atoms with E-state index in [0.717, 1.165) is 6.42 Å². The van der Waals surface area contributed by atoms with E-state index in [1.807, 2.05) is 37.8 Å². The van der Waals surface area contributed by atoms with Crippen molar-refractivity contribution in [3.8, 4) is 6.07 Å². The molecule has 1 heterocycles. The van der Waals surface area contributed by atoms with Crippen molar-refractivity contribution in [1.82, 2.24) is 4.90 Å². The van der Waals surface area contributed by atoms with Gasteiger partial charge >= 0.3 is 0 Å². The van der Waals surface area contributed by atoms with E-state index in [1.165, 1.54) is 18.2 Å². The zero-order valence-electron chi connectivity index (χ0n) is 17.5. The second kappa shape index (κ2) is 9.08. The van der Waals surface area contributed by atoms with Crippen molar-refractivity contribution in [2.24, 2.45) is 5.92 Å². The third-order valence-electron chi connectivity index (χ3n) is 5.36. The van der Waals surface area contributed by atoms with Crippen LogP contribution in [0.15, 0.2) is 42.5 Å². The summed E-state index contributed by atoms with van der Waals surface area (Å²) < 4.78 is 13.7. The largest absolute Gasteiger partial charge is 0.334 e. The van der Waals surface area contributed by atoms with Crippen LogP contribution >= 0.6 is 0 Å². The molecule has 0 bridgehead atoms. The zero-order chi connectivity index (χ0) is 21.8. The smallest absolute Gasteiger partial charge is 0.254 e. The average Bonchev–Trinajstić information content (AvgIpc) is 2.72. The predicted octanol–water partition coefficient (Wildman–Crippen LogP) is 4.70. The van der Waals surface area contributed by atoms with Gasteiger partial charge in [0.25, 0.3) is 5.91 Å². The van der Waals surface area contributed by atoms with Crippen molar-refractivity contribution in [2.45, 2.75) is 45.6 Å². The molecule has 0 saturated heterocycles. The standard InChI is InChI=1S/C24H26FN3O2/c1-4-7-21-22(23(29)27-17-10-11-20(25)16(12-17)13-26)18-8-5-6-9-19(18)24(30)28(21)14-15(2)3/h5-6,8-12,15,21-22H,4,7,14H2,1-3H3,(H,27,29)/t21-,22+/m1/s1. The van der Waals surface area contributed by atoms with Gasteiger partial charge in [-0.3, -0.25) is 9.59 Å². The quantitative estimate of drug-likeness (QED) is 0.754. The Morgan fingerprint density at radius 3 is 2.67 bits per heavy atom. The molecular weight excluding hydrogens is 381 g/mol. The van der Waals surface area contributed by atoms with Crippen molar-refractivity contribution in [3.63, 3.8) is 0 Å². The first kappa shape index (κ1) is 21.5. The number of hydrogen-bond acceptors (Lipinski definition) is 3. The van der Waals surface area contributed by atoms with E-state index in [9.17, 15) is 14.0 Å². The normalized spacial score (nSPS) is 18.1. The maximum absolute atomic E-state index is 13.7. The molecule has 2 atom stereocenters. The highest BCUT2D eigenvalue weighted by Crippen LogP contribution is 2.37. The summed E-state index contributed by atoms with van der Waals surface area (Å²) >= 11 is 0. The highest BCUT2D eigenvalue weighted by molar-refractivity contribution is 6.04. The van der Waals surface area contributed by atoms with Crippen LogP contribution in [0.1, 0.15) is 61.0 Å². The van der Waals surface area contributed by atoms with E-state index in [1.54, 1.807) is 18.2 Å². The molecular formula is C24H26FN3O2. The molecule has 1 aliphatic rings. The Balaban J connectivity index is 2.02. The van der Waals surface area contributed by atoms with Gasteiger partial charge in [0.05, 0.1) is 11.5 Å². The lowest BCUT2D eigenvalue weighted by atomic mass is 9.80. The third-order valence-corrected chi connectivity index (χ3v) is 5.36. The number of nitrogens with zero attached hydrogens (tertiary/aromatic N) is 2. The molecule has 2 aromatic carbocycles. The second-order valence-corrected chi connectivity index (χ2v) is 8.07. The van der Waals surface area contributed by atoms with Crippen molar-refractivity contribution in [2.75, 3.05) is 11.9 Å². The number of nitrogens with one attached hydrogen (secondary N) is 1. The fraction of sp³-hybridized carbons (Fsp3) is 0.375. The molecule has 0 radical (unpaired) electrons. The highest BCUT2D eigenvalue weighted by Gasteiger charge is 2.42. The average molecular weight is 407 g/mol. The van der Waals surface area contributed by atoms with Gasteiger partial charge in [0, 0.05) is 23.8 Å². The van der Waals surface area contributed by atoms with Crippen LogP contribution in [0.4, 0.5) is 10.1 Å². The van der Waals surface area contributed by atoms with Gasteiger partial charge < -0.3 is 10.2 Å². The fourth-order valence-corrected chi connectivity index (χ4v) is 4.11. The second-order valence-electron chi connectivity index (χ2n) is 8.07. The summed E-state index contributed by atoms with van der Waals surface area (Å²) in [6.07, 6.45) is 1.52. The van der Waals surface area contributed by atoms with Crippen LogP contribution in [0.5, 0.6) is 0 Å². The SMILES string of the molecule is CCC[C@@H]1[C@@H](C(=O)Nc2ccc(F)c(C#N)c2)c2ccccc2C(=O)N1CC(C)C. The molecule has 6 heteroatoms. The van der Waals surface area contributed by atoms with Crippen LogP contribution in [0.3, 0.4) is 0 Å². The van der Waals surface area contributed by atoms with E-state index < -0.39 is 11.7 Å². The molecule has 3 rings (SSSR count). The number of amides is 2. The Hall–Kier alpha value is -3.20. The van der Waals surface area contributed by atoms with E-state index in [4.69, 9.17) is 5.26 Å². The van der Waals surface area contributed by atoms with Gasteiger partial charge in [0.15, 0.2) is 0 Å². The van der Waals surface area contributed by atoms with Gasteiger partial charge in [-0.1, -0.05) is 45.4 Å². The molecule has 30 heavy (non-hydrogen) atoms. The lowest BCUT2D eigenvalue weighted by Crippen LogP contribution is -2.52. The van der Waals surface area contributed by atoms with E-state index in [2.05, 4.69) is 5.32 Å². The number of carbonyl (C=O) groups excluding carboxylic acids is 2. The first-order valence-electron chi connectivity index (χ1n) is 10.3. The van der Waals surface area contributed by atoms with E-state index >= 15 is 0 Å². The maximum Gasteiger partial charge on any atom is 0.254 e. The number of rotatable bonds is 6. The minimum Gasteiger partial charge on any atom is -0.334 e. The van der Waals surface area contributed by atoms with Gasteiger partial charge in [-0.25, -0.2) is 4.39 Å². The molecule has 0 fully saturated rings. The summed E-state index contributed by atoms with van der Waals surface area (Å²) in [4.78, 5) is 28.4. The number of halogens is 1. The molecule has 0 aliphatic carbocycles. The Bertz CT molecular complexity index is 996. The molecule has 0 aromatic heterocycles. The molecule has 0 unspecified atom stereocenters. The number of fused-ring (bicyclic) bond motifs is 1.